The molecule has 2 aromatic carbocycles. The first-order chi connectivity index (χ1) is 15.1. The number of halogens is 2. The fraction of sp³-hybridized carbons (Fsp3) is 0.167. The van der Waals surface area contributed by atoms with Crippen LogP contribution in [-0.4, -0.2) is 28.5 Å². The second-order valence-corrected chi connectivity index (χ2v) is 8.56. The Kier molecular flexibility index (Phi) is 5.19. The average Bonchev–Trinajstić information content (AvgIpc) is 3.05. The van der Waals surface area contributed by atoms with Crippen molar-refractivity contribution in [3.63, 3.8) is 0 Å². The molecular formula is C24H20BrFN4O. The molecule has 5 rings (SSSR count). The summed E-state index contributed by atoms with van der Waals surface area (Å²) in [4.78, 5) is 19.8. The predicted molar refractivity (Wildman–Crippen MR) is 124 cm³/mol. The summed E-state index contributed by atoms with van der Waals surface area (Å²) >= 11 is 3.49. The summed E-state index contributed by atoms with van der Waals surface area (Å²) in [6.07, 6.45) is 2.87. The molecule has 0 radical (unpaired) electrons. The van der Waals surface area contributed by atoms with E-state index in [4.69, 9.17) is 0 Å². The van der Waals surface area contributed by atoms with E-state index in [1.165, 1.54) is 18.6 Å². The van der Waals surface area contributed by atoms with Crippen LogP contribution < -0.4 is 10.2 Å². The van der Waals surface area contributed by atoms with Gasteiger partial charge in [-0.3, -0.25) is 4.79 Å². The lowest BCUT2D eigenvalue weighted by Gasteiger charge is -2.31. The van der Waals surface area contributed by atoms with Crippen molar-refractivity contribution in [1.29, 1.82) is 0 Å². The van der Waals surface area contributed by atoms with E-state index in [0.29, 0.717) is 17.9 Å². The Morgan fingerprint density at radius 3 is 2.68 bits per heavy atom. The van der Waals surface area contributed by atoms with Gasteiger partial charge in [0.2, 0.25) is 0 Å². The molecule has 1 fully saturated rings. The van der Waals surface area contributed by atoms with E-state index in [1.54, 1.807) is 12.3 Å². The van der Waals surface area contributed by atoms with E-state index in [1.807, 2.05) is 47.0 Å². The van der Waals surface area contributed by atoms with Crippen LogP contribution in [0.5, 0.6) is 0 Å². The highest BCUT2D eigenvalue weighted by atomic mass is 79.9. The molecule has 5 nitrogen and oxygen atoms in total. The number of fused-ring (bicyclic) bond motifs is 1. The van der Waals surface area contributed by atoms with Crippen molar-refractivity contribution in [3.05, 3.63) is 88.4 Å². The molecule has 0 spiro atoms. The molecule has 2 aromatic heterocycles. The van der Waals surface area contributed by atoms with E-state index < -0.39 is 0 Å². The number of carbonyl (C=O) groups is 1. The van der Waals surface area contributed by atoms with E-state index in [-0.39, 0.29) is 11.7 Å². The summed E-state index contributed by atoms with van der Waals surface area (Å²) in [7, 11) is 0. The molecule has 156 valence electrons. The topological polar surface area (TPSA) is 50.2 Å². The van der Waals surface area contributed by atoms with Gasteiger partial charge in [-0.15, -0.1) is 0 Å². The molecule has 4 aromatic rings. The molecular weight excluding hydrogens is 459 g/mol. The van der Waals surface area contributed by atoms with E-state index in [0.717, 1.165) is 39.8 Å². The summed E-state index contributed by atoms with van der Waals surface area (Å²) in [5.74, 6) is 0.396. The van der Waals surface area contributed by atoms with Crippen LogP contribution in [-0.2, 0) is 6.54 Å². The third-order valence-electron chi connectivity index (χ3n) is 5.51. The molecule has 1 aliphatic heterocycles. The van der Waals surface area contributed by atoms with Crippen LogP contribution in [0.3, 0.4) is 0 Å². The number of anilines is 2. The summed E-state index contributed by atoms with van der Waals surface area (Å²) in [5, 5.41) is 3.88. The van der Waals surface area contributed by atoms with Crippen molar-refractivity contribution in [2.24, 2.45) is 0 Å². The number of hydrogen-bond donors (Lipinski definition) is 1. The number of carbonyl (C=O) groups excluding carboxylic acids is 1. The Bertz CT molecular complexity index is 1260. The Hall–Kier alpha value is -3.19. The number of benzene rings is 2. The van der Waals surface area contributed by atoms with Crippen LogP contribution in [0.15, 0.2) is 71.3 Å². The number of aromatic nitrogens is 2. The van der Waals surface area contributed by atoms with Gasteiger partial charge in [-0.25, -0.2) is 9.37 Å². The van der Waals surface area contributed by atoms with Crippen LogP contribution in [0, 0.1) is 5.82 Å². The van der Waals surface area contributed by atoms with Gasteiger partial charge in [0.05, 0.1) is 11.9 Å². The van der Waals surface area contributed by atoms with Gasteiger partial charge in [-0.2, -0.15) is 0 Å². The van der Waals surface area contributed by atoms with Gasteiger partial charge in [0.1, 0.15) is 17.3 Å². The Morgan fingerprint density at radius 1 is 1.10 bits per heavy atom. The Labute approximate surface area is 187 Å². The molecule has 31 heavy (non-hydrogen) atoms. The average molecular weight is 479 g/mol. The zero-order chi connectivity index (χ0) is 21.4. The standard InChI is InChI=1S/C24H20BrFN4O/c25-18-5-7-21-17(12-18)13-22(30(21)15-16-3-1-4-19(26)11-16)24(31)28-20-6-8-23(27-14-20)29-9-2-10-29/h1,3-8,11-14H,2,9-10,15H2,(H,28,31). The fourth-order valence-corrected chi connectivity index (χ4v) is 4.18. The van der Waals surface area contributed by atoms with Gasteiger partial charge in [0, 0.05) is 35.0 Å². The summed E-state index contributed by atoms with van der Waals surface area (Å²) in [6.45, 7) is 2.43. The number of rotatable bonds is 5. The first-order valence-electron chi connectivity index (χ1n) is 10.1. The van der Waals surface area contributed by atoms with Crippen LogP contribution in [0.1, 0.15) is 22.5 Å². The minimum atomic E-state index is -0.295. The maximum Gasteiger partial charge on any atom is 0.272 e. The Balaban J connectivity index is 1.46. The van der Waals surface area contributed by atoms with Gasteiger partial charge < -0.3 is 14.8 Å². The maximum atomic E-state index is 13.7. The zero-order valence-electron chi connectivity index (χ0n) is 16.7. The first-order valence-corrected chi connectivity index (χ1v) is 10.9. The van der Waals surface area contributed by atoms with Gasteiger partial charge in [-0.05, 0) is 60.5 Å². The third kappa shape index (κ3) is 4.05. The summed E-state index contributed by atoms with van der Waals surface area (Å²) in [5.41, 5.74) is 2.83. The molecule has 1 aliphatic rings. The SMILES string of the molecule is O=C(Nc1ccc(N2CCC2)nc1)c1cc2cc(Br)ccc2n1Cc1cccc(F)c1. The minimum absolute atomic E-state index is 0.234. The molecule has 1 saturated heterocycles. The lowest BCUT2D eigenvalue weighted by atomic mass is 10.2. The van der Waals surface area contributed by atoms with Crippen molar-refractivity contribution < 1.29 is 9.18 Å². The molecule has 0 atom stereocenters. The highest BCUT2D eigenvalue weighted by Crippen LogP contribution is 2.26. The quantitative estimate of drug-likeness (QED) is 0.414. The van der Waals surface area contributed by atoms with Crippen molar-refractivity contribution in [2.75, 3.05) is 23.3 Å². The van der Waals surface area contributed by atoms with Crippen LogP contribution in [0.25, 0.3) is 10.9 Å². The molecule has 3 heterocycles. The number of amides is 1. The van der Waals surface area contributed by atoms with Crippen LogP contribution in [0.2, 0.25) is 0 Å². The Morgan fingerprint density at radius 2 is 1.97 bits per heavy atom. The highest BCUT2D eigenvalue weighted by Gasteiger charge is 2.18. The molecule has 0 bridgehead atoms. The van der Waals surface area contributed by atoms with Gasteiger partial charge in [0.15, 0.2) is 0 Å². The van der Waals surface area contributed by atoms with E-state index in [9.17, 15) is 9.18 Å². The molecule has 7 heteroatoms. The van der Waals surface area contributed by atoms with Crippen molar-refractivity contribution >= 4 is 44.2 Å². The van der Waals surface area contributed by atoms with Crippen molar-refractivity contribution in [2.45, 2.75) is 13.0 Å². The zero-order valence-corrected chi connectivity index (χ0v) is 18.3. The normalized spacial score (nSPS) is 13.3. The first kappa shape index (κ1) is 19.8. The lowest BCUT2D eigenvalue weighted by Crippen LogP contribution is -2.37. The molecule has 0 aliphatic carbocycles. The van der Waals surface area contributed by atoms with Crippen LogP contribution in [0.4, 0.5) is 15.9 Å². The largest absolute Gasteiger partial charge is 0.356 e. The third-order valence-corrected chi connectivity index (χ3v) is 6.00. The number of nitrogens with zero attached hydrogens (tertiary/aromatic N) is 3. The van der Waals surface area contributed by atoms with Gasteiger partial charge >= 0.3 is 0 Å². The van der Waals surface area contributed by atoms with E-state index >= 15 is 0 Å². The minimum Gasteiger partial charge on any atom is -0.356 e. The monoisotopic (exact) mass is 478 g/mol. The second kappa shape index (κ2) is 8.15. The highest BCUT2D eigenvalue weighted by molar-refractivity contribution is 9.10. The van der Waals surface area contributed by atoms with Crippen LogP contribution >= 0.6 is 15.9 Å². The molecule has 1 amide bonds. The van der Waals surface area contributed by atoms with E-state index in [2.05, 4.69) is 31.1 Å². The van der Waals surface area contributed by atoms with Gasteiger partial charge in [-0.1, -0.05) is 28.1 Å². The molecule has 0 unspecified atom stereocenters. The smallest absolute Gasteiger partial charge is 0.272 e. The molecule has 0 saturated carbocycles. The van der Waals surface area contributed by atoms with Crippen molar-refractivity contribution in [3.8, 4) is 0 Å². The van der Waals surface area contributed by atoms with Gasteiger partial charge in [0.25, 0.3) is 5.91 Å². The van der Waals surface area contributed by atoms with Crippen molar-refractivity contribution in [1.82, 2.24) is 9.55 Å². The number of hydrogen-bond acceptors (Lipinski definition) is 3. The lowest BCUT2D eigenvalue weighted by molar-refractivity contribution is 0.101. The maximum absolute atomic E-state index is 13.7. The summed E-state index contributed by atoms with van der Waals surface area (Å²) < 4.78 is 16.6. The predicted octanol–water partition coefficient (Wildman–Crippen LogP) is 5.45. The molecule has 1 N–H and O–H groups in total. The number of pyridine rings is 1. The fourth-order valence-electron chi connectivity index (χ4n) is 3.81. The summed E-state index contributed by atoms with van der Waals surface area (Å²) in [6, 6.07) is 18.0. The number of nitrogens with one attached hydrogen (secondary N) is 1. The second-order valence-electron chi connectivity index (χ2n) is 7.65.